The molecule has 1 aromatic rings. The lowest BCUT2D eigenvalue weighted by Gasteiger charge is -2.38. The molecule has 8 heteroatoms. The molecule has 0 saturated carbocycles. The van der Waals surface area contributed by atoms with Gasteiger partial charge in [0.05, 0.1) is 17.1 Å². The van der Waals surface area contributed by atoms with Gasteiger partial charge in [-0.2, -0.15) is 0 Å². The largest absolute Gasteiger partial charge is 0.488 e. The number of halogens is 2. The number of carboxylic acid groups (broad SMARTS) is 1. The van der Waals surface area contributed by atoms with Crippen molar-refractivity contribution in [2.75, 3.05) is 46.9 Å². The third-order valence-electron chi connectivity index (χ3n) is 4.53. The summed E-state index contributed by atoms with van der Waals surface area (Å²) in [5, 5.41) is 9.19. The van der Waals surface area contributed by atoms with Gasteiger partial charge in [0, 0.05) is 37.3 Å². The van der Waals surface area contributed by atoms with Crippen molar-refractivity contribution in [3.8, 4) is 17.6 Å². The zero-order valence-corrected chi connectivity index (χ0v) is 16.3. The molecule has 1 fully saturated rings. The molecule has 0 aromatic heterocycles. The van der Waals surface area contributed by atoms with Crippen LogP contribution in [0.25, 0.3) is 0 Å². The summed E-state index contributed by atoms with van der Waals surface area (Å²) in [4.78, 5) is 16.7. The number of hydrogen-bond donors (Lipinski definition) is 1. The van der Waals surface area contributed by atoms with Crippen LogP contribution in [0.3, 0.4) is 0 Å². The summed E-state index contributed by atoms with van der Waals surface area (Å²) in [7, 11) is 3.85. The number of hydrogen-bond acceptors (Lipinski definition) is 4. The molecule has 1 saturated heterocycles. The van der Waals surface area contributed by atoms with Crippen LogP contribution >= 0.6 is 15.9 Å². The molecule has 6 nitrogen and oxygen atoms in total. The van der Waals surface area contributed by atoms with E-state index in [1.54, 1.807) is 0 Å². The smallest absolute Gasteiger partial charge is 0.407 e. The summed E-state index contributed by atoms with van der Waals surface area (Å²) < 4.78 is 20.9. The molecule has 26 heavy (non-hydrogen) atoms. The van der Waals surface area contributed by atoms with Crippen LogP contribution in [0, 0.1) is 17.7 Å². The van der Waals surface area contributed by atoms with E-state index in [9.17, 15) is 14.3 Å². The molecule has 3 rings (SSSR count). The van der Waals surface area contributed by atoms with E-state index in [1.807, 2.05) is 25.1 Å². The summed E-state index contributed by atoms with van der Waals surface area (Å²) in [6, 6.07) is 1.77. The van der Waals surface area contributed by atoms with Crippen LogP contribution < -0.4 is 4.74 Å². The maximum Gasteiger partial charge on any atom is 0.407 e. The van der Waals surface area contributed by atoms with Gasteiger partial charge in [0.25, 0.3) is 0 Å². The Balaban J connectivity index is 1.87. The lowest BCUT2D eigenvalue weighted by atomic mass is 10.1. The zero-order chi connectivity index (χ0) is 18.8. The van der Waals surface area contributed by atoms with E-state index in [2.05, 4.69) is 32.7 Å². The Morgan fingerprint density at radius 3 is 2.96 bits per heavy atom. The molecule has 2 heterocycles. The predicted molar refractivity (Wildman–Crippen MR) is 98.8 cm³/mol. The van der Waals surface area contributed by atoms with Gasteiger partial charge in [-0.3, -0.25) is 9.80 Å². The lowest BCUT2D eigenvalue weighted by Crippen LogP contribution is -2.55. The van der Waals surface area contributed by atoms with Gasteiger partial charge in [0.15, 0.2) is 11.6 Å². The molecule has 0 radical (unpaired) electrons. The van der Waals surface area contributed by atoms with Crippen molar-refractivity contribution < 1.29 is 19.0 Å². The van der Waals surface area contributed by atoms with E-state index >= 15 is 0 Å². The van der Waals surface area contributed by atoms with Crippen molar-refractivity contribution in [3.05, 3.63) is 27.5 Å². The first-order valence-corrected chi connectivity index (χ1v) is 9.15. The van der Waals surface area contributed by atoms with Gasteiger partial charge < -0.3 is 14.7 Å². The number of carbonyl (C=O) groups is 1. The van der Waals surface area contributed by atoms with Crippen LogP contribution in [-0.2, 0) is 6.54 Å². The normalized spacial score (nSPS) is 19.7. The summed E-state index contributed by atoms with van der Waals surface area (Å²) in [6.07, 6.45) is -0.932. The van der Waals surface area contributed by atoms with E-state index in [1.165, 1.54) is 4.90 Å². The standard InChI is InChI=1S/C18H21BrFN3O3/c1-21(2)5-3-4-12-8-13-9-22-6-7-23(18(24)25)10-14(22)11-26-17(13)16(20)15(12)19/h8,14H,5-7,9-11H2,1-2H3,(H,24,25)/t14-/m1/s1. The Labute approximate surface area is 160 Å². The first-order valence-electron chi connectivity index (χ1n) is 8.36. The fraction of sp³-hybridized carbons (Fsp3) is 0.500. The topological polar surface area (TPSA) is 56.3 Å². The maximum atomic E-state index is 14.8. The van der Waals surface area contributed by atoms with Gasteiger partial charge in [-0.05, 0) is 36.1 Å². The maximum absolute atomic E-state index is 14.8. The molecule has 0 bridgehead atoms. The van der Waals surface area contributed by atoms with Crippen LogP contribution in [-0.4, -0.2) is 78.8 Å². The molecular weight excluding hydrogens is 405 g/mol. The first kappa shape index (κ1) is 19.0. The van der Waals surface area contributed by atoms with Crippen molar-refractivity contribution in [2.24, 2.45) is 0 Å². The second-order valence-electron chi connectivity index (χ2n) is 6.74. The second kappa shape index (κ2) is 7.82. The summed E-state index contributed by atoms with van der Waals surface area (Å²) >= 11 is 3.29. The minimum absolute atomic E-state index is 0.0892. The minimum Gasteiger partial charge on any atom is -0.488 e. The summed E-state index contributed by atoms with van der Waals surface area (Å²) in [5.41, 5.74) is 1.33. The molecule has 0 unspecified atom stereocenters. The molecule has 0 aliphatic carbocycles. The van der Waals surface area contributed by atoms with Gasteiger partial charge in [-0.1, -0.05) is 11.8 Å². The number of ether oxygens (including phenoxy) is 1. The molecule has 1 amide bonds. The first-order chi connectivity index (χ1) is 12.4. The van der Waals surface area contributed by atoms with Crippen molar-refractivity contribution >= 4 is 22.0 Å². The average molecular weight is 426 g/mol. The number of fused-ring (bicyclic) bond motifs is 2. The van der Waals surface area contributed by atoms with Crippen LogP contribution in [0.15, 0.2) is 10.5 Å². The van der Waals surface area contributed by atoms with E-state index in [0.717, 1.165) is 5.56 Å². The van der Waals surface area contributed by atoms with Crippen molar-refractivity contribution in [2.45, 2.75) is 12.6 Å². The van der Waals surface area contributed by atoms with E-state index < -0.39 is 11.9 Å². The fourth-order valence-electron chi connectivity index (χ4n) is 3.15. The van der Waals surface area contributed by atoms with E-state index in [-0.39, 0.29) is 18.4 Å². The minimum atomic E-state index is -0.932. The molecule has 0 spiro atoms. The quantitative estimate of drug-likeness (QED) is 0.697. The Morgan fingerprint density at radius 1 is 1.50 bits per heavy atom. The monoisotopic (exact) mass is 425 g/mol. The fourth-order valence-corrected chi connectivity index (χ4v) is 3.54. The molecule has 140 valence electrons. The Morgan fingerprint density at radius 2 is 2.27 bits per heavy atom. The van der Waals surface area contributed by atoms with Gasteiger partial charge >= 0.3 is 6.09 Å². The second-order valence-corrected chi connectivity index (χ2v) is 7.54. The van der Waals surface area contributed by atoms with Gasteiger partial charge in [0.2, 0.25) is 0 Å². The lowest BCUT2D eigenvalue weighted by molar-refractivity contribution is 0.0499. The predicted octanol–water partition coefficient (Wildman–Crippen LogP) is 2.06. The number of rotatable bonds is 1. The van der Waals surface area contributed by atoms with Crippen LogP contribution in [0.2, 0.25) is 0 Å². The third-order valence-corrected chi connectivity index (χ3v) is 5.30. The number of amides is 1. The zero-order valence-electron chi connectivity index (χ0n) is 14.8. The van der Waals surface area contributed by atoms with Crippen LogP contribution in [0.5, 0.6) is 5.75 Å². The third kappa shape index (κ3) is 3.95. The van der Waals surface area contributed by atoms with Crippen molar-refractivity contribution in [1.82, 2.24) is 14.7 Å². The van der Waals surface area contributed by atoms with E-state index in [0.29, 0.717) is 42.8 Å². The summed E-state index contributed by atoms with van der Waals surface area (Å²) in [6.45, 7) is 2.75. The van der Waals surface area contributed by atoms with Crippen molar-refractivity contribution in [3.63, 3.8) is 0 Å². The van der Waals surface area contributed by atoms with Gasteiger partial charge in [-0.25, -0.2) is 9.18 Å². The molecule has 2 aliphatic heterocycles. The van der Waals surface area contributed by atoms with Gasteiger partial charge in [0.1, 0.15) is 6.61 Å². The highest BCUT2D eigenvalue weighted by atomic mass is 79.9. The number of nitrogens with zero attached hydrogens (tertiary/aromatic N) is 3. The van der Waals surface area contributed by atoms with Crippen molar-refractivity contribution in [1.29, 1.82) is 0 Å². The Bertz CT molecular complexity index is 775. The molecule has 1 aromatic carbocycles. The Hall–Kier alpha value is -1.82. The summed E-state index contributed by atoms with van der Waals surface area (Å²) in [5.74, 6) is 5.81. The molecular formula is C18H21BrFN3O3. The van der Waals surface area contributed by atoms with Crippen LogP contribution in [0.4, 0.5) is 9.18 Å². The van der Waals surface area contributed by atoms with Gasteiger partial charge in [-0.15, -0.1) is 0 Å². The average Bonchev–Trinajstić information content (AvgIpc) is 2.77. The molecule has 1 atom stereocenters. The number of piperazine rings is 1. The highest BCUT2D eigenvalue weighted by molar-refractivity contribution is 9.10. The Kier molecular flexibility index (Phi) is 5.70. The van der Waals surface area contributed by atoms with Crippen LogP contribution in [0.1, 0.15) is 11.1 Å². The highest BCUT2D eigenvalue weighted by Gasteiger charge is 2.34. The highest BCUT2D eigenvalue weighted by Crippen LogP contribution is 2.35. The molecule has 1 N–H and O–H groups in total. The van der Waals surface area contributed by atoms with E-state index in [4.69, 9.17) is 4.74 Å². The molecule has 2 aliphatic rings. The SMILES string of the molecule is CN(C)CC#Cc1cc2c(c(F)c1Br)OC[C@H]1CN(C(=O)O)CCN1C2. The number of benzene rings is 1.